The van der Waals surface area contributed by atoms with Gasteiger partial charge in [-0.25, -0.2) is 8.42 Å². The van der Waals surface area contributed by atoms with Crippen molar-refractivity contribution in [2.75, 3.05) is 35.8 Å². The molecule has 0 saturated carbocycles. The first kappa shape index (κ1) is 24.6. The van der Waals surface area contributed by atoms with Crippen LogP contribution in [0.15, 0.2) is 77.7 Å². The van der Waals surface area contributed by atoms with E-state index in [4.69, 9.17) is 0 Å². The van der Waals surface area contributed by atoms with Crippen LogP contribution >= 0.6 is 0 Å². The Bertz CT molecular complexity index is 1280. The van der Waals surface area contributed by atoms with Gasteiger partial charge in [0.15, 0.2) is 0 Å². The van der Waals surface area contributed by atoms with Crippen LogP contribution in [0.3, 0.4) is 0 Å². The number of piperazine rings is 1. The number of amides is 1. The topological polar surface area (TPSA) is 69.7 Å². The minimum absolute atomic E-state index is 0.147. The lowest BCUT2D eigenvalue weighted by atomic mass is 10.1. The van der Waals surface area contributed by atoms with E-state index in [0.29, 0.717) is 43.1 Å². The monoisotopic (exact) mass is 503 g/mol. The van der Waals surface area contributed by atoms with Gasteiger partial charge in [-0.2, -0.15) is 13.2 Å². The number of aryl methyl sites for hydroxylation is 1. The highest BCUT2D eigenvalue weighted by molar-refractivity contribution is 7.92. The first-order valence-electron chi connectivity index (χ1n) is 10.9. The van der Waals surface area contributed by atoms with Gasteiger partial charge in [-0.3, -0.25) is 9.52 Å². The van der Waals surface area contributed by atoms with Gasteiger partial charge >= 0.3 is 6.18 Å². The Morgan fingerprint density at radius 2 is 1.40 bits per heavy atom. The summed E-state index contributed by atoms with van der Waals surface area (Å²) in [4.78, 5) is 16.6. The molecule has 1 heterocycles. The van der Waals surface area contributed by atoms with E-state index in [1.54, 1.807) is 29.2 Å². The van der Waals surface area contributed by atoms with Gasteiger partial charge in [0.2, 0.25) is 0 Å². The van der Waals surface area contributed by atoms with Gasteiger partial charge in [-0.1, -0.05) is 17.7 Å². The summed E-state index contributed by atoms with van der Waals surface area (Å²) >= 11 is 0. The summed E-state index contributed by atoms with van der Waals surface area (Å²) < 4.78 is 65.9. The van der Waals surface area contributed by atoms with Gasteiger partial charge < -0.3 is 9.80 Å². The molecule has 35 heavy (non-hydrogen) atoms. The number of hydrogen-bond acceptors (Lipinski definition) is 4. The molecule has 1 aliphatic rings. The van der Waals surface area contributed by atoms with Crippen LogP contribution in [0, 0.1) is 6.92 Å². The van der Waals surface area contributed by atoms with Crippen LogP contribution in [0.5, 0.6) is 0 Å². The molecule has 1 saturated heterocycles. The SMILES string of the molecule is Cc1ccc(S(=O)(=O)Nc2ccc(C(=O)N3CCN(c4ccc(C(F)(F)F)cc4)CC3)cc2)cc1. The molecular formula is C25H24F3N3O3S. The van der Waals surface area contributed by atoms with Crippen molar-refractivity contribution in [1.82, 2.24) is 4.90 Å². The quantitative estimate of drug-likeness (QED) is 0.544. The number of halogens is 3. The molecule has 0 atom stereocenters. The molecule has 1 aliphatic heterocycles. The predicted molar refractivity (Wildman–Crippen MR) is 128 cm³/mol. The van der Waals surface area contributed by atoms with Crippen molar-refractivity contribution >= 4 is 27.3 Å². The van der Waals surface area contributed by atoms with Crippen LogP contribution < -0.4 is 9.62 Å². The molecule has 10 heteroatoms. The third-order valence-corrected chi connectivity index (χ3v) is 7.24. The van der Waals surface area contributed by atoms with Gasteiger partial charge in [0.25, 0.3) is 15.9 Å². The number of carbonyl (C=O) groups is 1. The maximum atomic E-state index is 12.9. The molecule has 184 valence electrons. The molecule has 0 aromatic heterocycles. The second-order valence-electron chi connectivity index (χ2n) is 8.32. The largest absolute Gasteiger partial charge is 0.416 e. The number of anilines is 2. The number of sulfonamides is 1. The standard InChI is InChI=1S/C25H24F3N3O3S/c1-18-2-12-23(13-3-18)35(33,34)29-21-8-4-19(5-9-21)24(32)31-16-14-30(15-17-31)22-10-6-20(7-11-22)25(26,27)28/h2-13,29H,14-17H2,1H3. The lowest BCUT2D eigenvalue weighted by molar-refractivity contribution is -0.137. The van der Waals surface area contributed by atoms with Gasteiger partial charge in [-0.15, -0.1) is 0 Å². The Morgan fingerprint density at radius 1 is 0.829 bits per heavy atom. The number of nitrogens with one attached hydrogen (secondary N) is 1. The Hall–Kier alpha value is -3.53. The molecule has 3 aromatic rings. The lowest BCUT2D eigenvalue weighted by Gasteiger charge is -2.36. The molecule has 0 spiro atoms. The molecule has 4 rings (SSSR count). The Morgan fingerprint density at radius 3 is 1.94 bits per heavy atom. The maximum Gasteiger partial charge on any atom is 0.416 e. The highest BCUT2D eigenvalue weighted by atomic mass is 32.2. The van der Waals surface area contributed by atoms with E-state index < -0.39 is 21.8 Å². The molecule has 1 amide bonds. The summed E-state index contributed by atoms with van der Waals surface area (Å²) in [6, 6.07) is 17.7. The van der Waals surface area contributed by atoms with Crippen molar-refractivity contribution in [1.29, 1.82) is 0 Å². The van der Waals surface area contributed by atoms with Crippen LogP contribution in [0.25, 0.3) is 0 Å². The van der Waals surface area contributed by atoms with Gasteiger partial charge in [0.05, 0.1) is 10.5 Å². The highest BCUT2D eigenvalue weighted by Gasteiger charge is 2.30. The molecule has 1 N–H and O–H groups in total. The van der Waals surface area contributed by atoms with E-state index in [0.717, 1.165) is 17.7 Å². The fourth-order valence-corrected chi connectivity index (χ4v) is 4.88. The lowest BCUT2D eigenvalue weighted by Crippen LogP contribution is -2.48. The highest BCUT2D eigenvalue weighted by Crippen LogP contribution is 2.30. The van der Waals surface area contributed by atoms with E-state index in [1.807, 2.05) is 11.8 Å². The number of rotatable bonds is 5. The minimum atomic E-state index is -4.38. The van der Waals surface area contributed by atoms with Gasteiger partial charge in [0.1, 0.15) is 0 Å². The average Bonchev–Trinajstić information content (AvgIpc) is 2.84. The molecule has 6 nitrogen and oxygen atoms in total. The van der Waals surface area contributed by atoms with E-state index >= 15 is 0 Å². The van der Waals surface area contributed by atoms with Crippen molar-refractivity contribution < 1.29 is 26.4 Å². The van der Waals surface area contributed by atoms with Crippen molar-refractivity contribution in [3.05, 3.63) is 89.5 Å². The number of alkyl halides is 3. The fourth-order valence-electron chi connectivity index (χ4n) is 3.82. The Labute approximate surface area is 202 Å². The normalized spacial score (nSPS) is 14.6. The Kier molecular flexibility index (Phi) is 6.75. The van der Waals surface area contributed by atoms with Crippen molar-refractivity contribution in [2.45, 2.75) is 18.0 Å². The smallest absolute Gasteiger partial charge is 0.368 e. The summed E-state index contributed by atoms with van der Waals surface area (Å²) in [7, 11) is -3.74. The van der Waals surface area contributed by atoms with Crippen LogP contribution in [0.2, 0.25) is 0 Å². The summed E-state index contributed by atoms with van der Waals surface area (Å²) in [6.45, 7) is 3.69. The predicted octanol–water partition coefficient (Wildman–Crippen LogP) is 4.78. The van der Waals surface area contributed by atoms with Crippen LogP contribution in [-0.2, 0) is 16.2 Å². The zero-order valence-electron chi connectivity index (χ0n) is 18.9. The maximum absolute atomic E-state index is 12.9. The number of benzene rings is 3. The summed E-state index contributed by atoms with van der Waals surface area (Å²) in [5.41, 5.74) is 1.70. The minimum Gasteiger partial charge on any atom is -0.368 e. The van der Waals surface area contributed by atoms with Crippen molar-refractivity contribution in [2.24, 2.45) is 0 Å². The summed E-state index contributed by atoms with van der Waals surface area (Å²) in [5.74, 6) is -0.190. The van der Waals surface area contributed by atoms with Crippen molar-refractivity contribution in [3.63, 3.8) is 0 Å². The van der Waals surface area contributed by atoms with E-state index in [2.05, 4.69) is 4.72 Å². The second-order valence-corrected chi connectivity index (χ2v) is 10.0. The second kappa shape index (κ2) is 9.61. The molecule has 0 unspecified atom stereocenters. The molecule has 0 radical (unpaired) electrons. The summed E-state index contributed by atoms with van der Waals surface area (Å²) in [5, 5.41) is 0. The zero-order chi connectivity index (χ0) is 25.2. The van der Waals surface area contributed by atoms with Gasteiger partial charge in [-0.05, 0) is 67.6 Å². The van der Waals surface area contributed by atoms with Crippen LogP contribution in [-0.4, -0.2) is 45.4 Å². The average molecular weight is 504 g/mol. The zero-order valence-corrected chi connectivity index (χ0v) is 19.7. The number of carbonyl (C=O) groups excluding carboxylic acids is 1. The van der Waals surface area contributed by atoms with Gasteiger partial charge in [0, 0.05) is 43.1 Å². The first-order valence-corrected chi connectivity index (χ1v) is 12.4. The molecular weight excluding hydrogens is 479 g/mol. The van der Waals surface area contributed by atoms with Crippen LogP contribution in [0.1, 0.15) is 21.5 Å². The number of nitrogens with zero attached hydrogens (tertiary/aromatic N) is 2. The molecule has 0 aliphatic carbocycles. The fraction of sp³-hybridized carbons (Fsp3) is 0.240. The van der Waals surface area contributed by atoms with Crippen LogP contribution in [0.4, 0.5) is 24.5 Å². The summed E-state index contributed by atoms with van der Waals surface area (Å²) in [6.07, 6.45) is -4.38. The number of hydrogen-bond donors (Lipinski definition) is 1. The third kappa shape index (κ3) is 5.76. The molecule has 1 fully saturated rings. The molecule has 3 aromatic carbocycles. The Balaban J connectivity index is 1.35. The van der Waals surface area contributed by atoms with Crippen molar-refractivity contribution in [3.8, 4) is 0 Å². The van der Waals surface area contributed by atoms with E-state index in [9.17, 15) is 26.4 Å². The first-order chi connectivity index (χ1) is 16.5. The third-order valence-electron chi connectivity index (χ3n) is 5.84. The van der Waals surface area contributed by atoms with E-state index in [-0.39, 0.29) is 10.8 Å². The van der Waals surface area contributed by atoms with E-state index in [1.165, 1.54) is 36.4 Å². The molecule has 0 bridgehead atoms.